The summed E-state index contributed by atoms with van der Waals surface area (Å²) in [5.74, 6) is 0.903. The highest BCUT2D eigenvalue weighted by atomic mass is 32.2. The van der Waals surface area contributed by atoms with E-state index >= 15 is 0 Å². The number of hydrogen-bond donors (Lipinski definition) is 1. The molecule has 0 spiro atoms. The minimum absolute atomic E-state index is 0.00477. The summed E-state index contributed by atoms with van der Waals surface area (Å²) in [5, 5.41) is 2.90. The molecule has 0 aliphatic carbocycles. The van der Waals surface area contributed by atoms with Crippen LogP contribution in [0, 0.1) is 0 Å². The van der Waals surface area contributed by atoms with Crippen molar-refractivity contribution in [3.05, 3.63) is 23.8 Å². The molecule has 0 saturated carbocycles. The lowest BCUT2D eigenvalue weighted by Crippen LogP contribution is -2.38. The molecule has 6 heteroatoms. The van der Waals surface area contributed by atoms with Crippen molar-refractivity contribution >= 4 is 35.0 Å². The number of benzene rings is 1. The molecule has 0 saturated heterocycles. The van der Waals surface area contributed by atoms with E-state index in [4.69, 9.17) is 0 Å². The number of nitrogens with one attached hydrogen (secondary N) is 1. The van der Waals surface area contributed by atoms with Gasteiger partial charge in [0, 0.05) is 44.4 Å². The van der Waals surface area contributed by atoms with Gasteiger partial charge in [-0.15, -0.1) is 0 Å². The third-order valence-electron chi connectivity index (χ3n) is 4.30. The normalized spacial score (nSPS) is 15.5. The van der Waals surface area contributed by atoms with Gasteiger partial charge in [-0.25, -0.2) is 0 Å². The van der Waals surface area contributed by atoms with Crippen LogP contribution in [0.1, 0.15) is 30.1 Å². The Labute approximate surface area is 142 Å². The Morgan fingerprint density at radius 1 is 1.48 bits per heavy atom. The Morgan fingerprint density at radius 2 is 2.22 bits per heavy atom. The number of amides is 2. The van der Waals surface area contributed by atoms with E-state index in [0.29, 0.717) is 24.2 Å². The van der Waals surface area contributed by atoms with Gasteiger partial charge in [-0.05, 0) is 30.9 Å². The molecule has 0 fully saturated rings. The van der Waals surface area contributed by atoms with Crippen LogP contribution in [0.15, 0.2) is 18.2 Å². The fourth-order valence-electron chi connectivity index (χ4n) is 2.77. The fourth-order valence-corrected chi connectivity index (χ4v) is 3.61. The van der Waals surface area contributed by atoms with Crippen molar-refractivity contribution in [3.63, 3.8) is 0 Å². The second-order valence-electron chi connectivity index (χ2n) is 5.89. The highest BCUT2D eigenvalue weighted by Gasteiger charge is 2.22. The summed E-state index contributed by atoms with van der Waals surface area (Å²) in [6.07, 6.45) is 3.43. The molecule has 2 amide bonds. The van der Waals surface area contributed by atoms with Crippen LogP contribution in [0.4, 0.5) is 11.4 Å². The van der Waals surface area contributed by atoms with Crippen molar-refractivity contribution in [2.45, 2.75) is 25.8 Å². The second-order valence-corrected chi connectivity index (χ2v) is 6.80. The van der Waals surface area contributed by atoms with Gasteiger partial charge in [0.25, 0.3) is 5.91 Å². The topological polar surface area (TPSA) is 52.7 Å². The number of thioether (sulfide) groups is 1. The zero-order chi connectivity index (χ0) is 17.0. The maximum absolute atomic E-state index is 12.7. The van der Waals surface area contributed by atoms with E-state index in [-0.39, 0.29) is 17.9 Å². The number of fused-ring (bicyclic) bond motifs is 1. The lowest BCUT2D eigenvalue weighted by atomic mass is 10.1. The molecule has 1 aromatic carbocycles. The van der Waals surface area contributed by atoms with Crippen LogP contribution < -0.4 is 10.2 Å². The molecule has 126 valence electrons. The maximum Gasteiger partial charge on any atom is 0.253 e. The molecule has 1 atom stereocenters. The van der Waals surface area contributed by atoms with Crippen molar-refractivity contribution < 1.29 is 9.59 Å². The second kappa shape index (κ2) is 7.73. The SMILES string of the molecule is CCC(CSC)N(C)C(=O)c1ccc2c(c1)NC(=O)CCN2C. The van der Waals surface area contributed by atoms with Crippen molar-refractivity contribution in [3.8, 4) is 0 Å². The molecule has 1 unspecified atom stereocenters. The van der Waals surface area contributed by atoms with E-state index in [1.54, 1.807) is 22.7 Å². The zero-order valence-electron chi connectivity index (χ0n) is 14.3. The van der Waals surface area contributed by atoms with E-state index in [9.17, 15) is 9.59 Å². The summed E-state index contributed by atoms with van der Waals surface area (Å²) < 4.78 is 0. The zero-order valence-corrected chi connectivity index (χ0v) is 15.1. The van der Waals surface area contributed by atoms with E-state index in [1.807, 2.05) is 31.1 Å². The third kappa shape index (κ3) is 3.99. The molecule has 0 radical (unpaired) electrons. The van der Waals surface area contributed by atoms with Gasteiger partial charge in [0.2, 0.25) is 5.91 Å². The third-order valence-corrected chi connectivity index (χ3v) is 5.02. The molecular formula is C17H25N3O2S. The molecule has 1 aromatic rings. The predicted molar refractivity (Wildman–Crippen MR) is 97.5 cm³/mol. The van der Waals surface area contributed by atoms with Gasteiger partial charge in [0.15, 0.2) is 0 Å². The van der Waals surface area contributed by atoms with E-state index in [2.05, 4.69) is 18.5 Å². The number of rotatable bonds is 5. The summed E-state index contributed by atoms with van der Waals surface area (Å²) in [4.78, 5) is 28.4. The Morgan fingerprint density at radius 3 is 2.87 bits per heavy atom. The monoisotopic (exact) mass is 335 g/mol. The molecule has 2 rings (SSSR count). The van der Waals surface area contributed by atoms with Gasteiger partial charge < -0.3 is 15.1 Å². The Kier molecular flexibility index (Phi) is 5.93. The first-order valence-electron chi connectivity index (χ1n) is 7.89. The summed E-state index contributed by atoms with van der Waals surface area (Å²) in [6, 6.07) is 5.77. The van der Waals surface area contributed by atoms with E-state index < -0.39 is 0 Å². The van der Waals surface area contributed by atoms with Gasteiger partial charge in [-0.2, -0.15) is 11.8 Å². The molecule has 23 heavy (non-hydrogen) atoms. The van der Waals surface area contributed by atoms with Gasteiger partial charge in [0.1, 0.15) is 0 Å². The number of carbonyl (C=O) groups is 2. The lowest BCUT2D eigenvalue weighted by molar-refractivity contribution is -0.115. The first-order chi connectivity index (χ1) is 11.0. The van der Waals surface area contributed by atoms with Crippen LogP contribution >= 0.6 is 11.8 Å². The molecule has 0 aromatic heterocycles. The summed E-state index contributed by atoms with van der Waals surface area (Å²) in [6.45, 7) is 2.77. The number of carbonyl (C=O) groups excluding carboxylic acids is 2. The molecule has 0 bridgehead atoms. The van der Waals surface area contributed by atoms with E-state index in [0.717, 1.165) is 17.9 Å². The molecule has 1 aliphatic rings. The Bertz CT molecular complexity index is 591. The average Bonchev–Trinajstić information content (AvgIpc) is 2.69. The maximum atomic E-state index is 12.7. The molecule has 1 aliphatic heterocycles. The van der Waals surface area contributed by atoms with Crippen LogP contribution in [0.25, 0.3) is 0 Å². The largest absolute Gasteiger partial charge is 0.372 e. The van der Waals surface area contributed by atoms with Gasteiger partial charge in [-0.1, -0.05) is 6.92 Å². The molecule has 1 heterocycles. The molecular weight excluding hydrogens is 310 g/mol. The van der Waals surface area contributed by atoms with Crippen LogP contribution in [0.5, 0.6) is 0 Å². The number of anilines is 2. The van der Waals surface area contributed by atoms with Crippen molar-refractivity contribution in [2.75, 3.05) is 42.9 Å². The summed E-state index contributed by atoms with van der Waals surface area (Å²) in [5.41, 5.74) is 2.28. The van der Waals surface area contributed by atoms with Crippen LogP contribution in [0.2, 0.25) is 0 Å². The van der Waals surface area contributed by atoms with E-state index in [1.165, 1.54) is 0 Å². The quantitative estimate of drug-likeness (QED) is 0.899. The fraction of sp³-hybridized carbons (Fsp3) is 0.529. The minimum atomic E-state index is -0.0117. The first kappa shape index (κ1) is 17.7. The number of nitrogens with zero attached hydrogens (tertiary/aromatic N) is 2. The molecule has 1 N–H and O–H groups in total. The van der Waals surface area contributed by atoms with Gasteiger partial charge in [0.05, 0.1) is 11.4 Å². The van der Waals surface area contributed by atoms with Gasteiger partial charge in [-0.3, -0.25) is 9.59 Å². The average molecular weight is 335 g/mol. The first-order valence-corrected chi connectivity index (χ1v) is 9.28. The van der Waals surface area contributed by atoms with Crippen molar-refractivity contribution in [2.24, 2.45) is 0 Å². The minimum Gasteiger partial charge on any atom is -0.372 e. The Balaban J connectivity index is 2.27. The van der Waals surface area contributed by atoms with Crippen molar-refractivity contribution in [1.29, 1.82) is 0 Å². The highest BCUT2D eigenvalue weighted by molar-refractivity contribution is 7.98. The van der Waals surface area contributed by atoms with Crippen LogP contribution in [-0.2, 0) is 4.79 Å². The highest BCUT2D eigenvalue weighted by Crippen LogP contribution is 2.29. The standard InChI is InChI=1S/C17H25N3O2S/c1-5-13(11-23-4)20(3)17(22)12-6-7-15-14(10-12)18-16(21)8-9-19(15)2/h6-7,10,13H,5,8-9,11H2,1-4H3,(H,18,21). The Hall–Kier alpha value is -1.69. The van der Waals surface area contributed by atoms with Crippen LogP contribution in [-0.4, -0.2) is 55.4 Å². The lowest BCUT2D eigenvalue weighted by Gasteiger charge is -2.27. The smallest absolute Gasteiger partial charge is 0.253 e. The predicted octanol–water partition coefficient (Wildman–Crippen LogP) is 2.68. The van der Waals surface area contributed by atoms with Gasteiger partial charge >= 0.3 is 0 Å². The summed E-state index contributed by atoms with van der Waals surface area (Å²) >= 11 is 1.74. The number of hydrogen-bond acceptors (Lipinski definition) is 4. The molecule has 5 nitrogen and oxygen atoms in total. The van der Waals surface area contributed by atoms with Crippen molar-refractivity contribution in [1.82, 2.24) is 4.90 Å². The van der Waals surface area contributed by atoms with Crippen LogP contribution in [0.3, 0.4) is 0 Å². The summed E-state index contributed by atoms with van der Waals surface area (Å²) in [7, 11) is 3.81.